The van der Waals surface area contributed by atoms with Crippen molar-refractivity contribution in [2.75, 3.05) is 17.6 Å². The molecule has 0 saturated heterocycles. The van der Waals surface area contributed by atoms with E-state index in [1.165, 1.54) is 6.33 Å². The summed E-state index contributed by atoms with van der Waals surface area (Å²) >= 11 is 0. The van der Waals surface area contributed by atoms with Crippen molar-refractivity contribution in [3.8, 4) is 0 Å². The standard InChI is InChI=1S/C13H18N4O2S/c1-2-9-20(18,19)12-6-4-3-5-11(12)14-8-7-13-15-10-16-17-13/h3-6,10,14H,2,7-9H2,1H3,(H,15,16,17). The van der Waals surface area contributed by atoms with E-state index in [0.29, 0.717) is 30.0 Å². The average molecular weight is 294 g/mol. The zero-order valence-corrected chi connectivity index (χ0v) is 12.2. The van der Waals surface area contributed by atoms with Gasteiger partial charge in [-0.05, 0) is 18.6 Å². The predicted molar refractivity (Wildman–Crippen MR) is 77.4 cm³/mol. The van der Waals surface area contributed by atoms with Crippen molar-refractivity contribution in [1.29, 1.82) is 0 Å². The molecule has 0 saturated carbocycles. The van der Waals surface area contributed by atoms with Crippen LogP contribution >= 0.6 is 0 Å². The Morgan fingerprint density at radius 1 is 1.30 bits per heavy atom. The fraction of sp³-hybridized carbons (Fsp3) is 0.385. The van der Waals surface area contributed by atoms with E-state index >= 15 is 0 Å². The van der Waals surface area contributed by atoms with E-state index in [0.717, 1.165) is 5.82 Å². The number of nitrogens with zero attached hydrogens (tertiary/aromatic N) is 2. The summed E-state index contributed by atoms with van der Waals surface area (Å²) in [6.45, 7) is 2.45. The minimum Gasteiger partial charge on any atom is -0.384 e. The summed E-state index contributed by atoms with van der Waals surface area (Å²) in [5, 5.41) is 9.69. The van der Waals surface area contributed by atoms with Gasteiger partial charge >= 0.3 is 0 Å². The minimum atomic E-state index is -3.22. The number of aromatic amines is 1. The molecule has 108 valence electrons. The van der Waals surface area contributed by atoms with E-state index in [-0.39, 0.29) is 5.75 Å². The third-order valence-electron chi connectivity index (χ3n) is 2.84. The molecular formula is C13H18N4O2S. The van der Waals surface area contributed by atoms with Gasteiger partial charge in [-0.2, -0.15) is 5.10 Å². The zero-order valence-electron chi connectivity index (χ0n) is 11.3. The molecular weight excluding hydrogens is 276 g/mol. The molecule has 0 radical (unpaired) electrons. The van der Waals surface area contributed by atoms with Gasteiger partial charge in [-0.15, -0.1) is 0 Å². The van der Waals surface area contributed by atoms with Gasteiger partial charge in [0.1, 0.15) is 12.2 Å². The fourth-order valence-corrected chi connectivity index (χ4v) is 3.45. The lowest BCUT2D eigenvalue weighted by Crippen LogP contribution is -2.12. The number of nitrogens with one attached hydrogen (secondary N) is 2. The van der Waals surface area contributed by atoms with E-state index in [9.17, 15) is 8.42 Å². The van der Waals surface area contributed by atoms with Crippen molar-refractivity contribution in [3.63, 3.8) is 0 Å². The number of hydrogen-bond donors (Lipinski definition) is 2. The molecule has 2 N–H and O–H groups in total. The highest BCUT2D eigenvalue weighted by Crippen LogP contribution is 2.22. The average Bonchev–Trinajstić information content (AvgIpc) is 2.92. The molecule has 7 heteroatoms. The van der Waals surface area contributed by atoms with Crippen LogP contribution in [0.5, 0.6) is 0 Å². The Morgan fingerprint density at radius 3 is 2.80 bits per heavy atom. The van der Waals surface area contributed by atoms with Crippen molar-refractivity contribution < 1.29 is 8.42 Å². The summed E-state index contributed by atoms with van der Waals surface area (Å²) in [7, 11) is -3.22. The van der Waals surface area contributed by atoms with Gasteiger partial charge in [0.15, 0.2) is 9.84 Å². The SMILES string of the molecule is CCCS(=O)(=O)c1ccccc1NCCc1ncn[nH]1. The van der Waals surface area contributed by atoms with Crippen molar-refractivity contribution in [3.05, 3.63) is 36.4 Å². The van der Waals surface area contributed by atoms with Crippen molar-refractivity contribution in [2.45, 2.75) is 24.7 Å². The van der Waals surface area contributed by atoms with Crippen LogP contribution in [0.3, 0.4) is 0 Å². The zero-order chi connectivity index (χ0) is 14.4. The van der Waals surface area contributed by atoms with Crippen LogP contribution in [0.15, 0.2) is 35.5 Å². The maximum Gasteiger partial charge on any atom is 0.180 e. The van der Waals surface area contributed by atoms with E-state index in [2.05, 4.69) is 20.5 Å². The number of sulfone groups is 1. The number of anilines is 1. The summed E-state index contributed by atoms with van der Waals surface area (Å²) in [5.41, 5.74) is 0.639. The maximum absolute atomic E-state index is 12.2. The third kappa shape index (κ3) is 3.57. The van der Waals surface area contributed by atoms with E-state index in [1.807, 2.05) is 13.0 Å². The van der Waals surface area contributed by atoms with Crippen molar-refractivity contribution in [2.24, 2.45) is 0 Å². The molecule has 0 unspecified atom stereocenters. The molecule has 0 fully saturated rings. The molecule has 0 bridgehead atoms. The summed E-state index contributed by atoms with van der Waals surface area (Å²) in [4.78, 5) is 4.38. The van der Waals surface area contributed by atoms with Crippen LogP contribution < -0.4 is 5.32 Å². The highest BCUT2D eigenvalue weighted by molar-refractivity contribution is 7.91. The van der Waals surface area contributed by atoms with Crippen LogP contribution in [0.4, 0.5) is 5.69 Å². The van der Waals surface area contributed by atoms with Gasteiger partial charge in [0.2, 0.25) is 0 Å². The van der Waals surface area contributed by atoms with E-state index in [4.69, 9.17) is 0 Å². The highest BCUT2D eigenvalue weighted by atomic mass is 32.2. The molecule has 0 spiro atoms. The van der Waals surface area contributed by atoms with E-state index < -0.39 is 9.84 Å². The highest BCUT2D eigenvalue weighted by Gasteiger charge is 2.16. The quantitative estimate of drug-likeness (QED) is 0.810. The molecule has 1 aromatic carbocycles. The van der Waals surface area contributed by atoms with Crippen molar-refractivity contribution in [1.82, 2.24) is 15.2 Å². The Bertz CT molecular complexity index is 638. The largest absolute Gasteiger partial charge is 0.384 e. The third-order valence-corrected chi connectivity index (χ3v) is 4.81. The number of benzene rings is 1. The summed E-state index contributed by atoms with van der Waals surface area (Å²) in [5.74, 6) is 0.930. The Kier molecular flexibility index (Phi) is 4.73. The smallest absolute Gasteiger partial charge is 0.180 e. The normalized spacial score (nSPS) is 11.4. The maximum atomic E-state index is 12.2. The molecule has 0 aliphatic carbocycles. The molecule has 0 atom stereocenters. The van der Waals surface area contributed by atoms with Crippen molar-refractivity contribution >= 4 is 15.5 Å². The van der Waals surface area contributed by atoms with Crippen LogP contribution in [0.25, 0.3) is 0 Å². The first-order valence-electron chi connectivity index (χ1n) is 6.53. The van der Waals surface area contributed by atoms with E-state index in [1.54, 1.807) is 18.2 Å². The van der Waals surface area contributed by atoms with Crippen LogP contribution in [-0.2, 0) is 16.3 Å². The van der Waals surface area contributed by atoms with Crippen LogP contribution in [0, 0.1) is 0 Å². The van der Waals surface area contributed by atoms with Gasteiger partial charge in [0.05, 0.1) is 16.3 Å². The van der Waals surface area contributed by atoms with Gasteiger partial charge in [-0.1, -0.05) is 19.1 Å². The lowest BCUT2D eigenvalue weighted by Gasteiger charge is -2.11. The number of aromatic nitrogens is 3. The molecule has 1 heterocycles. The van der Waals surface area contributed by atoms with Gasteiger partial charge < -0.3 is 5.32 Å². The Balaban J connectivity index is 2.08. The van der Waals surface area contributed by atoms with Gasteiger partial charge in [-0.25, -0.2) is 13.4 Å². The second kappa shape index (κ2) is 6.51. The lowest BCUT2D eigenvalue weighted by molar-refractivity contribution is 0.595. The van der Waals surface area contributed by atoms with Crippen LogP contribution in [0.2, 0.25) is 0 Å². The molecule has 6 nitrogen and oxygen atoms in total. The second-order valence-electron chi connectivity index (χ2n) is 4.42. The molecule has 2 rings (SSSR count). The molecule has 0 aliphatic rings. The van der Waals surface area contributed by atoms with Crippen LogP contribution in [-0.4, -0.2) is 35.9 Å². The summed E-state index contributed by atoms with van der Waals surface area (Å²) in [6, 6.07) is 6.98. The Hall–Kier alpha value is -1.89. The van der Waals surface area contributed by atoms with Crippen LogP contribution in [0.1, 0.15) is 19.2 Å². The number of rotatable bonds is 7. The topological polar surface area (TPSA) is 87.7 Å². The summed E-state index contributed by atoms with van der Waals surface area (Å²) < 4.78 is 24.4. The molecule has 2 aromatic rings. The minimum absolute atomic E-state index is 0.161. The summed E-state index contributed by atoms with van der Waals surface area (Å²) in [6.07, 6.45) is 2.71. The predicted octanol–water partition coefficient (Wildman–Crippen LogP) is 1.64. The molecule has 1 aromatic heterocycles. The molecule has 0 aliphatic heterocycles. The number of para-hydroxylation sites is 1. The number of H-pyrrole nitrogens is 1. The first-order chi connectivity index (χ1) is 9.63. The second-order valence-corrected chi connectivity index (χ2v) is 6.50. The Labute approximate surface area is 118 Å². The first-order valence-corrected chi connectivity index (χ1v) is 8.18. The number of hydrogen-bond acceptors (Lipinski definition) is 5. The molecule has 0 amide bonds. The lowest BCUT2D eigenvalue weighted by atomic mass is 10.3. The van der Waals surface area contributed by atoms with Gasteiger partial charge in [0, 0.05) is 13.0 Å². The first kappa shape index (κ1) is 14.5. The van der Waals surface area contributed by atoms with Gasteiger partial charge in [0.25, 0.3) is 0 Å². The monoisotopic (exact) mass is 294 g/mol. The Morgan fingerprint density at radius 2 is 2.10 bits per heavy atom. The van der Waals surface area contributed by atoms with Gasteiger partial charge in [-0.3, -0.25) is 5.10 Å². The fourth-order valence-electron chi connectivity index (χ4n) is 1.93. The molecule has 20 heavy (non-hydrogen) atoms.